The van der Waals surface area contributed by atoms with Gasteiger partial charge in [-0.3, -0.25) is 14.9 Å². The number of halogens is 1. The van der Waals surface area contributed by atoms with Gasteiger partial charge in [-0.05, 0) is 90.2 Å². The molecule has 0 bridgehead atoms. The van der Waals surface area contributed by atoms with E-state index >= 15 is 0 Å². The Morgan fingerprint density at radius 2 is 1.62 bits per heavy atom. The maximum atomic E-state index is 13.4. The Hall–Kier alpha value is -3.91. The molecule has 0 spiro atoms. The van der Waals surface area contributed by atoms with E-state index in [9.17, 15) is 14.4 Å². The number of anilines is 1. The molecule has 3 aromatic rings. The number of benzene rings is 3. The maximum Gasteiger partial charge on any atom is 0.335 e. The summed E-state index contributed by atoms with van der Waals surface area (Å²) >= 11 is 3.54. The Labute approximate surface area is 224 Å². The summed E-state index contributed by atoms with van der Waals surface area (Å²) in [5.74, 6) is -0.486. The monoisotopic (exact) mass is 562 g/mol. The minimum Gasteiger partial charge on any atom is -0.490 e. The summed E-state index contributed by atoms with van der Waals surface area (Å²) in [6.45, 7) is 8.28. The van der Waals surface area contributed by atoms with E-state index in [1.54, 1.807) is 25.1 Å². The number of carbonyl (C=O) groups excluding carboxylic acids is 3. The molecule has 37 heavy (non-hydrogen) atoms. The molecule has 8 heteroatoms. The summed E-state index contributed by atoms with van der Waals surface area (Å²) < 4.78 is 12.5. The first-order chi connectivity index (χ1) is 17.7. The van der Waals surface area contributed by atoms with Crippen LogP contribution in [-0.4, -0.2) is 24.5 Å². The van der Waals surface area contributed by atoms with Crippen LogP contribution in [0, 0.1) is 20.8 Å². The highest BCUT2D eigenvalue weighted by Crippen LogP contribution is 2.38. The number of hydrogen-bond acceptors (Lipinski definition) is 5. The van der Waals surface area contributed by atoms with E-state index in [4.69, 9.17) is 9.47 Å². The van der Waals surface area contributed by atoms with Crippen molar-refractivity contribution in [3.05, 3.63) is 92.5 Å². The van der Waals surface area contributed by atoms with Crippen molar-refractivity contribution in [1.29, 1.82) is 0 Å². The van der Waals surface area contributed by atoms with Crippen LogP contribution in [0.25, 0.3) is 6.08 Å². The fourth-order valence-electron chi connectivity index (χ4n) is 3.92. The predicted octanol–water partition coefficient (Wildman–Crippen LogP) is 6.02. The number of amides is 4. The van der Waals surface area contributed by atoms with E-state index in [1.165, 1.54) is 6.08 Å². The lowest BCUT2D eigenvalue weighted by molar-refractivity contribution is -0.122. The van der Waals surface area contributed by atoms with Gasteiger partial charge in [-0.15, -0.1) is 0 Å². The Morgan fingerprint density at radius 3 is 2.32 bits per heavy atom. The maximum absolute atomic E-state index is 13.4. The third-order valence-corrected chi connectivity index (χ3v) is 6.44. The van der Waals surface area contributed by atoms with Gasteiger partial charge in [0.05, 0.1) is 16.8 Å². The molecule has 4 amide bonds. The van der Waals surface area contributed by atoms with E-state index < -0.39 is 17.8 Å². The fraction of sp³-hybridized carbons (Fsp3) is 0.207. The van der Waals surface area contributed by atoms with E-state index in [0.717, 1.165) is 27.2 Å². The standard InChI is InChI=1S/C29H27BrN2O5/c1-5-36-25-15-21(14-23(30)26(25)37-16-20-10-7-17(2)8-11-20)13-22-27(33)31-29(35)32(28(22)34)24-12-18(3)6-9-19(24)4/h6-15H,5,16H2,1-4H3,(H,31,33,35)/b22-13+. The molecule has 1 saturated heterocycles. The molecule has 0 saturated carbocycles. The number of hydrogen-bond donors (Lipinski definition) is 1. The number of nitrogens with zero attached hydrogens (tertiary/aromatic N) is 1. The minimum absolute atomic E-state index is 0.164. The lowest BCUT2D eigenvalue weighted by atomic mass is 10.0. The second-order valence-corrected chi connectivity index (χ2v) is 9.64. The van der Waals surface area contributed by atoms with Crippen molar-refractivity contribution in [2.45, 2.75) is 34.3 Å². The zero-order valence-corrected chi connectivity index (χ0v) is 22.6. The lowest BCUT2D eigenvalue weighted by Gasteiger charge is -2.28. The van der Waals surface area contributed by atoms with Gasteiger partial charge in [0.1, 0.15) is 12.2 Å². The fourth-order valence-corrected chi connectivity index (χ4v) is 4.49. The second kappa shape index (κ2) is 11.0. The van der Waals surface area contributed by atoms with Gasteiger partial charge in [0, 0.05) is 0 Å². The van der Waals surface area contributed by atoms with Gasteiger partial charge in [-0.1, -0.05) is 42.0 Å². The Bertz CT molecular complexity index is 1410. The first-order valence-electron chi connectivity index (χ1n) is 11.8. The minimum atomic E-state index is -0.781. The van der Waals surface area contributed by atoms with Crippen molar-refractivity contribution in [1.82, 2.24) is 5.32 Å². The molecule has 0 unspecified atom stereocenters. The largest absolute Gasteiger partial charge is 0.490 e. The molecule has 1 aliphatic heterocycles. The molecule has 7 nitrogen and oxygen atoms in total. The molecule has 4 rings (SSSR count). The molecule has 3 aromatic carbocycles. The Balaban J connectivity index is 1.67. The zero-order valence-electron chi connectivity index (χ0n) is 21.1. The molecule has 1 aliphatic rings. The summed E-state index contributed by atoms with van der Waals surface area (Å²) in [7, 11) is 0. The van der Waals surface area contributed by atoms with Gasteiger partial charge in [-0.2, -0.15) is 0 Å². The highest BCUT2D eigenvalue weighted by atomic mass is 79.9. The zero-order chi connectivity index (χ0) is 26.7. The van der Waals surface area contributed by atoms with E-state index in [0.29, 0.717) is 40.4 Å². The van der Waals surface area contributed by atoms with Gasteiger partial charge in [0.25, 0.3) is 11.8 Å². The molecule has 0 aromatic heterocycles. The summed E-state index contributed by atoms with van der Waals surface area (Å²) in [5, 5.41) is 2.27. The predicted molar refractivity (Wildman–Crippen MR) is 146 cm³/mol. The Morgan fingerprint density at radius 1 is 0.919 bits per heavy atom. The molecular weight excluding hydrogens is 536 g/mol. The third kappa shape index (κ3) is 5.75. The summed E-state index contributed by atoms with van der Waals surface area (Å²) in [6, 6.07) is 16.1. The third-order valence-electron chi connectivity index (χ3n) is 5.85. The molecule has 1 heterocycles. The SMILES string of the molecule is CCOc1cc(/C=C2\C(=O)NC(=O)N(c3cc(C)ccc3C)C2=O)cc(Br)c1OCc1ccc(C)cc1. The van der Waals surface area contributed by atoms with Crippen LogP contribution in [0.4, 0.5) is 10.5 Å². The highest BCUT2D eigenvalue weighted by molar-refractivity contribution is 9.10. The van der Waals surface area contributed by atoms with Crippen LogP contribution in [0.2, 0.25) is 0 Å². The number of imide groups is 2. The van der Waals surface area contributed by atoms with Crippen LogP contribution in [0.5, 0.6) is 11.5 Å². The molecule has 1 N–H and O–H groups in total. The number of barbiturate groups is 1. The van der Waals surface area contributed by atoms with E-state index in [1.807, 2.05) is 57.2 Å². The van der Waals surface area contributed by atoms with Crippen LogP contribution in [0.1, 0.15) is 34.7 Å². The van der Waals surface area contributed by atoms with Crippen LogP contribution >= 0.6 is 15.9 Å². The highest BCUT2D eigenvalue weighted by Gasteiger charge is 2.37. The normalized spacial score (nSPS) is 14.7. The number of nitrogens with one attached hydrogen (secondary N) is 1. The van der Waals surface area contributed by atoms with E-state index in [-0.39, 0.29) is 5.57 Å². The van der Waals surface area contributed by atoms with Crippen LogP contribution in [-0.2, 0) is 16.2 Å². The van der Waals surface area contributed by atoms with Crippen molar-refractivity contribution in [3.8, 4) is 11.5 Å². The number of ether oxygens (including phenoxy) is 2. The van der Waals surface area contributed by atoms with Crippen molar-refractivity contribution in [2.75, 3.05) is 11.5 Å². The smallest absolute Gasteiger partial charge is 0.335 e. The molecule has 190 valence electrons. The van der Waals surface area contributed by atoms with Crippen LogP contribution in [0.15, 0.2) is 64.6 Å². The molecule has 1 fully saturated rings. The van der Waals surface area contributed by atoms with Gasteiger partial charge >= 0.3 is 6.03 Å². The van der Waals surface area contributed by atoms with Crippen molar-refractivity contribution in [3.63, 3.8) is 0 Å². The Kier molecular flexibility index (Phi) is 7.78. The van der Waals surface area contributed by atoms with Crippen molar-refractivity contribution in [2.24, 2.45) is 0 Å². The molecular formula is C29H27BrN2O5. The van der Waals surface area contributed by atoms with Gasteiger partial charge < -0.3 is 9.47 Å². The van der Waals surface area contributed by atoms with Gasteiger partial charge in [-0.25, -0.2) is 9.69 Å². The quantitative estimate of drug-likeness (QED) is 0.281. The topological polar surface area (TPSA) is 84.9 Å². The van der Waals surface area contributed by atoms with E-state index in [2.05, 4.69) is 21.2 Å². The molecule has 0 radical (unpaired) electrons. The number of carbonyl (C=O) groups is 3. The van der Waals surface area contributed by atoms with Crippen molar-refractivity contribution < 1.29 is 23.9 Å². The first kappa shape index (κ1) is 26.2. The first-order valence-corrected chi connectivity index (χ1v) is 12.6. The van der Waals surface area contributed by atoms with Gasteiger partial charge in [0.2, 0.25) is 0 Å². The van der Waals surface area contributed by atoms with Gasteiger partial charge in [0.15, 0.2) is 11.5 Å². The number of urea groups is 1. The lowest BCUT2D eigenvalue weighted by Crippen LogP contribution is -2.54. The van der Waals surface area contributed by atoms with Crippen molar-refractivity contribution >= 4 is 45.5 Å². The summed E-state index contributed by atoms with van der Waals surface area (Å²) in [6.07, 6.45) is 1.44. The van der Waals surface area contributed by atoms with Crippen LogP contribution in [0.3, 0.4) is 0 Å². The summed E-state index contributed by atoms with van der Waals surface area (Å²) in [5.41, 5.74) is 4.59. The molecule has 0 atom stereocenters. The number of rotatable bonds is 7. The average Bonchev–Trinajstić information content (AvgIpc) is 2.84. The average molecular weight is 563 g/mol. The number of aryl methyl sites for hydroxylation is 3. The second-order valence-electron chi connectivity index (χ2n) is 8.79. The summed E-state index contributed by atoms with van der Waals surface area (Å²) in [4.78, 5) is 39.7. The molecule has 0 aliphatic carbocycles. The van der Waals surface area contributed by atoms with Crippen LogP contribution < -0.4 is 19.7 Å².